The zero-order valence-electron chi connectivity index (χ0n) is 27.7. The zero-order valence-corrected chi connectivity index (χ0v) is 30.1. The van der Waals surface area contributed by atoms with Crippen LogP contribution in [0.1, 0.15) is 55.2 Å². The highest BCUT2D eigenvalue weighted by atomic mass is 79.9. The van der Waals surface area contributed by atoms with E-state index in [9.17, 15) is 27.6 Å². The number of nitrogens with two attached hydrogens (primary N) is 1. The summed E-state index contributed by atoms with van der Waals surface area (Å²) >= 11 is 4.72. The Kier molecular flexibility index (Phi) is 11.0. The summed E-state index contributed by atoms with van der Waals surface area (Å²) in [6, 6.07) is 0.782. The molecule has 5 amide bonds. The van der Waals surface area contributed by atoms with E-state index in [1.807, 2.05) is 10.3 Å². The summed E-state index contributed by atoms with van der Waals surface area (Å²) in [5.41, 5.74) is 6.57. The number of fused-ring (bicyclic) bond motifs is 1. The molecule has 0 radical (unpaired) electrons. The molecule has 6 rings (SSSR count). The van der Waals surface area contributed by atoms with E-state index in [0.717, 1.165) is 62.5 Å². The molecular weight excluding hydrogens is 723 g/mol. The number of likely N-dealkylation sites (tertiary alicyclic amines) is 3. The Balaban J connectivity index is 1.12. The van der Waals surface area contributed by atoms with Gasteiger partial charge in [0.15, 0.2) is 0 Å². The second-order valence-electron chi connectivity index (χ2n) is 13.9. The number of hydrogen-bond acceptors (Lipinski definition) is 6. The van der Waals surface area contributed by atoms with Gasteiger partial charge < -0.3 is 36.0 Å². The summed E-state index contributed by atoms with van der Waals surface area (Å²) in [6.45, 7) is 4.62. The summed E-state index contributed by atoms with van der Waals surface area (Å²) in [7, 11) is 2.14. The van der Waals surface area contributed by atoms with E-state index in [1.165, 1.54) is 6.07 Å². The molecule has 4 aliphatic rings. The Morgan fingerprint density at radius 1 is 0.980 bits per heavy atom. The van der Waals surface area contributed by atoms with E-state index in [2.05, 4.69) is 43.9 Å². The maximum absolute atomic E-state index is 14.1. The number of carbonyl (C=O) groups excluding carboxylic acids is 3. The van der Waals surface area contributed by atoms with Crippen LogP contribution in [0.25, 0.3) is 0 Å². The highest BCUT2D eigenvalue weighted by molar-refractivity contribution is 9.10. The molecule has 49 heavy (non-hydrogen) atoms. The molecule has 2 aromatic rings. The fourth-order valence-corrected chi connectivity index (χ4v) is 9.23. The standard InChI is InChI=1S/C34H45BrF3N7O3S/c1-42-9-2-22(3-10-42)23-4-11-43(12-5-23)31(46)28(18-21-16-26(34(36,37)38)30(39)27(35)17-21)40-32(47)44-13-7-25(8-14-44)45-15-6-24-19-49-20-29(24)41-33(45)48/h16-17,19-20,22-23,25,28H,2-15,18,39H2,1H3,(H,40,47)(H,41,48)/t28-/m1/s1. The van der Waals surface area contributed by atoms with Gasteiger partial charge in [0, 0.05) is 55.0 Å². The maximum Gasteiger partial charge on any atom is 0.418 e. The van der Waals surface area contributed by atoms with Gasteiger partial charge >= 0.3 is 18.2 Å². The smallest absolute Gasteiger partial charge is 0.397 e. The number of nitrogens with one attached hydrogen (secondary N) is 2. The number of hydrogen-bond donors (Lipinski definition) is 3. The number of halogens is 4. The average molecular weight is 769 g/mol. The summed E-state index contributed by atoms with van der Waals surface area (Å²) < 4.78 is 41.6. The van der Waals surface area contributed by atoms with Gasteiger partial charge in [-0.25, -0.2) is 9.59 Å². The largest absolute Gasteiger partial charge is 0.418 e. The van der Waals surface area contributed by atoms with E-state index < -0.39 is 29.5 Å². The number of thiophene rings is 1. The second-order valence-corrected chi connectivity index (χ2v) is 15.5. The molecule has 15 heteroatoms. The number of benzene rings is 1. The van der Waals surface area contributed by atoms with Gasteiger partial charge in [-0.1, -0.05) is 0 Å². The molecule has 4 N–H and O–H groups in total. The van der Waals surface area contributed by atoms with Gasteiger partial charge in [-0.2, -0.15) is 13.2 Å². The molecular formula is C34H45BrF3N7O3S. The predicted octanol–water partition coefficient (Wildman–Crippen LogP) is 5.87. The van der Waals surface area contributed by atoms with Crippen molar-refractivity contribution in [2.75, 3.05) is 63.9 Å². The highest BCUT2D eigenvalue weighted by Crippen LogP contribution is 2.38. The van der Waals surface area contributed by atoms with Crippen molar-refractivity contribution in [1.82, 2.24) is 24.9 Å². The van der Waals surface area contributed by atoms with Crippen LogP contribution in [-0.4, -0.2) is 103 Å². The molecule has 1 aromatic carbocycles. The Labute approximate surface area is 297 Å². The fraction of sp³-hybridized carbons (Fsp3) is 0.618. The minimum absolute atomic E-state index is 0.0343. The van der Waals surface area contributed by atoms with Crippen molar-refractivity contribution in [2.45, 2.75) is 69.6 Å². The van der Waals surface area contributed by atoms with Crippen molar-refractivity contribution in [3.63, 3.8) is 0 Å². The zero-order chi connectivity index (χ0) is 34.9. The highest BCUT2D eigenvalue weighted by Gasteiger charge is 2.38. The number of piperidine rings is 3. The van der Waals surface area contributed by atoms with Gasteiger partial charge in [-0.15, -0.1) is 11.3 Å². The lowest BCUT2D eigenvalue weighted by atomic mass is 9.79. The third-order valence-electron chi connectivity index (χ3n) is 10.9. The molecule has 5 heterocycles. The van der Waals surface area contributed by atoms with E-state index in [-0.39, 0.29) is 34.4 Å². The lowest BCUT2D eigenvalue weighted by Crippen LogP contribution is -2.57. The summed E-state index contributed by atoms with van der Waals surface area (Å²) in [6.07, 6.45) is 1.17. The SMILES string of the molecule is CN1CCC(C2CCN(C(=O)[C@@H](Cc3cc(Br)c(N)c(C(F)(F)F)c3)NC(=O)N3CCC(N4CCc5cscc5NC4=O)CC3)CC2)CC1. The summed E-state index contributed by atoms with van der Waals surface area (Å²) in [5, 5.41) is 9.88. The Morgan fingerprint density at radius 3 is 2.27 bits per heavy atom. The van der Waals surface area contributed by atoms with E-state index in [4.69, 9.17) is 5.73 Å². The van der Waals surface area contributed by atoms with Gasteiger partial charge in [0.05, 0.1) is 16.9 Å². The molecule has 0 spiro atoms. The first kappa shape index (κ1) is 35.8. The lowest BCUT2D eigenvalue weighted by Gasteiger charge is -2.41. The van der Waals surface area contributed by atoms with Crippen molar-refractivity contribution in [2.24, 2.45) is 11.8 Å². The van der Waals surface area contributed by atoms with Crippen molar-refractivity contribution < 1.29 is 27.6 Å². The van der Waals surface area contributed by atoms with Crippen molar-refractivity contribution in [1.29, 1.82) is 0 Å². The number of anilines is 2. The van der Waals surface area contributed by atoms with Crippen LogP contribution in [0.2, 0.25) is 0 Å². The molecule has 0 saturated carbocycles. The van der Waals surface area contributed by atoms with Gasteiger partial charge in [0.1, 0.15) is 6.04 Å². The van der Waals surface area contributed by atoms with E-state index >= 15 is 0 Å². The number of nitrogens with zero attached hydrogens (tertiary/aromatic N) is 4. The molecule has 0 aliphatic carbocycles. The van der Waals surface area contributed by atoms with Crippen LogP contribution in [-0.2, 0) is 23.8 Å². The van der Waals surface area contributed by atoms with Gasteiger partial charge in [0.25, 0.3) is 0 Å². The minimum atomic E-state index is -4.68. The molecule has 3 saturated heterocycles. The average Bonchev–Trinajstić information content (AvgIpc) is 3.45. The molecule has 1 aromatic heterocycles. The number of alkyl halides is 3. The van der Waals surface area contributed by atoms with E-state index in [0.29, 0.717) is 57.4 Å². The van der Waals surface area contributed by atoms with Crippen LogP contribution in [0.5, 0.6) is 0 Å². The Morgan fingerprint density at radius 2 is 1.61 bits per heavy atom. The topological polar surface area (TPSA) is 114 Å². The summed E-state index contributed by atoms with van der Waals surface area (Å²) in [5.74, 6) is 0.876. The normalized spacial score (nSPS) is 21.2. The van der Waals surface area contributed by atoms with Crippen LogP contribution in [0.15, 0.2) is 27.4 Å². The van der Waals surface area contributed by atoms with Crippen LogP contribution in [0.3, 0.4) is 0 Å². The first-order valence-electron chi connectivity index (χ1n) is 17.2. The number of rotatable bonds is 6. The molecule has 0 unspecified atom stereocenters. The molecule has 1 atom stereocenters. The first-order chi connectivity index (χ1) is 23.4. The third kappa shape index (κ3) is 8.30. The molecule has 3 fully saturated rings. The van der Waals surface area contributed by atoms with Crippen molar-refractivity contribution >= 4 is 56.6 Å². The third-order valence-corrected chi connectivity index (χ3v) is 12.3. The minimum Gasteiger partial charge on any atom is -0.397 e. The number of nitrogen functional groups attached to an aromatic ring is 1. The number of amides is 5. The quantitative estimate of drug-likeness (QED) is 0.319. The number of urea groups is 2. The Hall–Kier alpha value is -3.04. The van der Waals surface area contributed by atoms with Crippen molar-refractivity contribution in [3.8, 4) is 0 Å². The lowest BCUT2D eigenvalue weighted by molar-refractivity contribution is -0.137. The first-order valence-corrected chi connectivity index (χ1v) is 18.9. The van der Waals surface area contributed by atoms with Gasteiger partial charge in [-0.05, 0) is 121 Å². The van der Waals surface area contributed by atoms with Crippen LogP contribution < -0.4 is 16.4 Å². The van der Waals surface area contributed by atoms with Crippen LogP contribution >= 0.6 is 27.3 Å². The molecule has 10 nitrogen and oxygen atoms in total. The second kappa shape index (κ2) is 15.1. The monoisotopic (exact) mass is 767 g/mol. The predicted molar refractivity (Wildman–Crippen MR) is 187 cm³/mol. The maximum atomic E-state index is 14.1. The van der Waals surface area contributed by atoms with Crippen molar-refractivity contribution in [3.05, 3.63) is 44.1 Å². The van der Waals surface area contributed by atoms with Crippen LogP contribution in [0.4, 0.5) is 34.1 Å². The Bertz CT molecular complexity index is 1520. The van der Waals surface area contributed by atoms with E-state index in [1.54, 1.807) is 21.1 Å². The fourth-order valence-electron chi connectivity index (χ4n) is 7.90. The molecule has 268 valence electrons. The summed E-state index contributed by atoms with van der Waals surface area (Å²) in [4.78, 5) is 48.3. The van der Waals surface area contributed by atoms with Crippen LogP contribution in [0, 0.1) is 11.8 Å². The molecule has 4 aliphatic heterocycles. The number of carbonyl (C=O) groups is 3. The van der Waals surface area contributed by atoms with Gasteiger partial charge in [0.2, 0.25) is 5.91 Å². The van der Waals surface area contributed by atoms with Gasteiger partial charge in [-0.3, -0.25) is 4.79 Å². The molecule has 0 bridgehead atoms.